The molecule has 0 radical (unpaired) electrons. The number of piperidine rings is 1. The third-order valence-electron chi connectivity index (χ3n) is 3.01. The average molecular weight is 298 g/mol. The normalized spacial score (nSPS) is 18.2. The first-order chi connectivity index (χ1) is 9.50. The first-order valence-corrected chi connectivity index (χ1v) is 6.40. The van der Waals surface area contributed by atoms with Crippen LogP contribution in [0.3, 0.4) is 0 Å². The molecule has 2 rings (SSSR count). The van der Waals surface area contributed by atoms with Crippen LogP contribution in [-0.4, -0.2) is 29.3 Å². The van der Waals surface area contributed by atoms with Gasteiger partial charge in [0.15, 0.2) is 0 Å². The second-order valence-electron chi connectivity index (χ2n) is 4.36. The molecule has 20 heavy (non-hydrogen) atoms. The summed E-state index contributed by atoms with van der Waals surface area (Å²) in [7, 11) is 0. The fourth-order valence-corrected chi connectivity index (χ4v) is 2.26. The molecule has 0 spiro atoms. The Hall–Kier alpha value is -2.15. The minimum Gasteiger partial charge on any atom is -0.354 e. The number of halogens is 1. The molecule has 8 heteroatoms. The minimum atomic E-state index is -0.660. The largest absolute Gasteiger partial charge is 0.354 e. The molecule has 1 atom stereocenters. The lowest BCUT2D eigenvalue weighted by atomic mass is 10.1. The van der Waals surface area contributed by atoms with E-state index in [0.29, 0.717) is 13.0 Å². The van der Waals surface area contributed by atoms with Gasteiger partial charge in [0, 0.05) is 12.6 Å². The molecular weight excluding hydrogens is 286 g/mol. The first-order valence-electron chi connectivity index (χ1n) is 6.02. The van der Waals surface area contributed by atoms with Gasteiger partial charge in [-0.2, -0.15) is 0 Å². The summed E-state index contributed by atoms with van der Waals surface area (Å²) in [5.74, 6) is -0.855. The molecular formula is C12H12ClN3O4. The van der Waals surface area contributed by atoms with Gasteiger partial charge in [-0.15, -0.1) is 0 Å². The van der Waals surface area contributed by atoms with Gasteiger partial charge in [-0.3, -0.25) is 19.7 Å². The summed E-state index contributed by atoms with van der Waals surface area (Å²) in [6, 6.07) is 3.34. The molecule has 2 N–H and O–H groups in total. The number of amides is 2. The Bertz CT molecular complexity index is 576. The van der Waals surface area contributed by atoms with Crippen molar-refractivity contribution in [2.45, 2.75) is 18.9 Å². The van der Waals surface area contributed by atoms with Crippen molar-refractivity contribution in [2.24, 2.45) is 0 Å². The van der Waals surface area contributed by atoms with Gasteiger partial charge in [-0.1, -0.05) is 17.7 Å². The predicted octanol–water partition coefficient (Wildman–Crippen LogP) is 1.26. The highest BCUT2D eigenvalue weighted by Gasteiger charge is 2.26. The van der Waals surface area contributed by atoms with E-state index in [1.165, 1.54) is 18.2 Å². The summed E-state index contributed by atoms with van der Waals surface area (Å²) in [5, 5.41) is 15.7. The monoisotopic (exact) mass is 297 g/mol. The fourth-order valence-electron chi connectivity index (χ4n) is 1.98. The number of hydrogen-bond acceptors (Lipinski definition) is 4. The van der Waals surface area contributed by atoms with E-state index in [0.717, 1.165) is 6.42 Å². The van der Waals surface area contributed by atoms with Crippen LogP contribution >= 0.6 is 11.6 Å². The summed E-state index contributed by atoms with van der Waals surface area (Å²) in [6.07, 6.45) is 1.30. The number of carbonyl (C=O) groups excluding carboxylic acids is 2. The van der Waals surface area contributed by atoms with E-state index in [4.69, 9.17) is 11.6 Å². The zero-order chi connectivity index (χ0) is 14.7. The third kappa shape index (κ3) is 2.88. The van der Waals surface area contributed by atoms with Gasteiger partial charge in [-0.05, 0) is 18.9 Å². The molecule has 1 saturated heterocycles. The van der Waals surface area contributed by atoms with Crippen LogP contribution in [0, 0.1) is 10.1 Å². The smallest absolute Gasteiger partial charge is 0.288 e. The molecule has 1 aliphatic rings. The highest BCUT2D eigenvalue weighted by atomic mass is 35.5. The number of nitro groups is 1. The zero-order valence-electron chi connectivity index (χ0n) is 10.4. The van der Waals surface area contributed by atoms with Crippen LogP contribution in [0.15, 0.2) is 18.2 Å². The van der Waals surface area contributed by atoms with Gasteiger partial charge in [0.2, 0.25) is 5.91 Å². The van der Waals surface area contributed by atoms with Gasteiger partial charge >= 0.3 is 0 Å². The lowest BCUT2D eigenvalue weighted by Gasteiger charge is -2.22. The summed E-state index contributed by atoms with van der Waals surface area (Å²) in [5.41, 5.74) is -0.355. The minimum absolute atomic E-state index is 0.0146. The van der Waals surface area contributed by atoms with E-state index in [1.807, 2.05) is 0 Å². The maximum absolute atomic E-state index is 12.1. The van der Waals surface area contributed by atoms with E-state index < -0.39 is 16.9 Å². The van der Waals surface area contributed by atoms with E-state index in [2.05, 4.69) is 10.6 Å². The second kappa shape index (κ2) is 5.87. The van der Waals surface area contributed by atoms with Crippen LogP contribution in [0.25, 0.3) is 0 Å². The van der Waals surface area contributed by atoms with Crippen LogP contribution in [0.2, 0.25) is 5.02 Å². The highest BCUT2D eigenvalue weighted by molar-refractivity contribution is 6.35. The van der Waals surface area contributed by atoms with Crippen LogP contribution in [0.5, 0.6) is 0 Å². The van der Waals surface area contributed by atoms with E-state index in [1.54, 1.807) is 0 Å². The Kier molecular flexibility index (Phi) is 4.19. The van der Waals surface area contributed by atoms with Crippen LogP contribution in [-0.2, 0) is 4.79 Å². The lowest BCUT2D eigenvalue weighted by molar-refractivity contribution is -0.384. The van der Waals surface area contributed by atoms with Crippen LogP contribution < -0.4 is 10.6 Å². The number of rotatable bonds is 3. The summed E-state index contributed by atoms with van der Waals surface area (Å²) >= 11 is 5.85. The third-order valence-corrected chi connectivity index (χ3v) is 3.41. The zero-order valence-corrected chi connectivity index (χ0v) is 11.1. The van der Waals surface area contributed by atoms with Crippen molar-refractivity contribution in [3.05, 3.63) is 38.9 Å². The maximum Gasteiger partial charge on any atom is 0.288 e. The van der Waals surface area contributed by atoms with Gasteiger partial charge in [0.25, 0.3) is 11.6 Å². The topological polar surface area (TPSA) is 101 Å². The molecule has 1 aliphatic heterocycles. The van der Waals surface area contributed by atoms with Crippen molar-refractivity contribution >= 4 is 29.1 Å². The molecule has 0 bridgehead atoms. The molecule has 0 aromatic heterocycles. The van der Waals surface area contributed by atoms with Gasteiger partial charge in [0.1, 0.15) is 11.1 Å². The summed E-state index contributed by atoms with van der Waals surface area (Å²) in [4.78, 5) is 33.7. The number of nitrogens with zero attached hydrogens (tertiary/aromatic N) is 1. The van der Waals surface area contributed by atoms with Gasteiger partial charge in [-0.25, -0.2) is 0 Å². The van der Waals surface area contributed by atoms with Crippen molar-refractivity contribution in [3.8, 4) is 0 Å². The van der Waals surface area contributed by atoms with Crippen molar-refractivity contribution < 1.29 is 14.5 Å². The summed E-state index contributed by atoms with van der Waals surface area (Å²) < 4.78 is 0. The van der Waals surface area contributed by atoms with Crippen molar-refractivity contribution in [2.75, 3.05) is 6.54 Å². The second-order valence-corrected chi connectivity index (χ2v) is 4.73. The summed E-state index contributed by atoms with van der Waals surface area (Å²) in [6.45, 7) is 0.586. The standard InChI is InChI=1S/C12H12ClN3O4/c13-10-7(3-1-5-9(10)16(19)20)11(17)15-8-4-2-6-14-12(8)18/h1,3,5,8H,2,4,6H2,(H,14,18)(H,15,17). The molecule has 7 nitrogen and oxygen atoms in total. The molecule has 2 amide bonds. The SMILES string of the molecule is O=C(NC1CCCNC1=O)c1cccc([N+](=O)[O-])c1Cl. The number of nitrogens with one attached hydrogen (secondary N) is 2. The van der Waals surface area contributed by atoms with Crippen LogP contribution in [0.1, 0.15) is 23.2 Å². The van der Waals surface area contributed by atoms with Crippen LogP contribution in [0.4, 0.5) is 5.69 Å². The Labute approximate surface area is 119 Å². The molecule has 1 fully saturated rings. The van der Waals surface area contributed by atoms with E-state index in [9.17, 15) is 19.7 Å². The predicted molar refractivity (Wildman–Crippen MR) is 71.6 cm³/mol. The Balaban J connectivity index is 2.19. The Morgan fingerprint density at radius 1 is 1.50 bits per heavy atom. The van der Waals surface area contributed by atoms with Gasteiger partial charge < -0.3 is 10.6 Å². The maximum atomic E-state index is 12.1. The molecule has 1 aromatic carbocycles. The average Bonchev–Trinajstić information content (AvgIpc) is 2.41. The van der Waals surface area contributed by atoms with Gasteiger partial charge in [0.05, 0.1) is 10.5 Å². The van der Waals surface area contributed by atoms with Crippen molar-refractivity contribution in [1.29, 1.82) is 0 Å². The van der Waals surface area contributed by atoms with Crippen molar-refractivity contribution in [3.63, 3.8) is 0 Å². The number of carbonyl (C=O) groups is 2. The van der Waals surface area contributed by atoms with E-state index >= 15 is 0 Å². The molecule has 0 saturated carbocycles. The van der Waals surface area contributed by atoms with E-state index in [-0.39, 0.29) is 22.2 Å². The fraction of sp³-hybridized carbons (Fsp3) is 0.333. The Morgan fingerprint density at radius 3 is 2.90 bits per heavy atom. The number of hydrogen-bond donors (Lipinski definition) is 2. The Morgan fingerprint density at radius 2 is 2.25 bits per heavy atom. The molecule has 0 aliphatic carbocycles. The van der Waals surface area contributed by atoms with Crippen molar-refractivity contribution in [1.82, 2.24) is 10.6 Å². The molecule has 1 aromatic rings. The molecule has 1 unspecified atom stereocenters. The first kappa shape index (κ1) is 14.3. The quantitative estimate of drug-likeness (QED) is 0.647. The number of nitro benzene ring substituents is 1. The molecule has 1 heterocycles. The lowest BCUT2D eigenvalue weighted by Crippen LogP contribution is -2.50. The highest BCUT2D eigenvalue weighted by Crippen LogP contribution is 2.27. The molecule has 106 valence electrons. The number of benzene rings is 1.